The van der Waals surface area contributed by atoms with E-state index in [0.717, 1.165) is 84.1 Å². The minimum absolute atomic E-state index is 0.285. The van der Waals surface area contributed by atoms with E-state index in [9.17, 15) is 4.39 Å². The van der Waals surface area contributed by atoms with Crippen molar-refractivity contribution in [3.63, 3.8) is 0 Å². The molecule has 0 bridgehead atoms. The monoisotopic (exact) mass is 606 g/mol. The largest absolute Gasteiger partial charge is 0.378 e. The number of halogens is 1. The van der Waals surface area contributed by atoms with Gasteiger partial charge >= 0.3 is 0 Å². The fourth-order valence-corrected chi connectivity index (χ4v) is 5.76. The number of rotatable bonds is 4. The van der Waals surface area contributed by atoms with Gasteiger partial charge in [0.1, 0.15) is 11.5 Å². The van der Waals surface area contributed by atoms with E-state index in [4.69, 9.17) is 14.6 Å². The molecule has 0 N–H and O–H groups in total. The second-order valence-electron chi connectivity index (χ2n) is 11.2. The van der Waals surface area contributed by atoms with Gasteiger partial charge in [0.05, 0.1) is 55.5 Å². The molecule has 2 aromatic carbocycles. The summed E-state index contributed by atoms with van der Waals surface area (Å²) in [7, 11) is 0. The van der Waals surface area contributed by atoms with Gasteiger partial charge in [-0.25, -0.2) is 13.8 Å². The summed E-state index contributed by atoms with van der Waals surface area (Å²) in [6.45, 7) is 10.1. The lowest BCUT2D eigenvalue weighted by atomic mass is 10.2. The molecule has 6 aromatic rings. The van der Waals surface area contributed by atoms with Crippen molar-refractivity contribution in [3.8, 4) is 11.4 Å². The quantitative estimate of drug-likeness (QED) is 0.268. The van der Waals surface area contributed by atoms with Gasteiger partial charge in [0.2, 0.25) is 0 Å². The molecule has 11 heteroatoms. The Morgan fingerprint density at radius 1 is 0.622 bits per heavy atom. The Kier molecular flexibility index (Phi) is 8.10. The number of morpholine rings is 2. The number of nitrogens with zero attached hydrogens (tertiary/aromatic N) is 8. The van der Waals surface area contributed by atoms with E-state index in [2.05, 4.69) is 56.1 Å². The van der Waals surface area contributed by atoms with E-state index in [1.165, 1.54) is 11.6 Å². The van der Waals surface area contributed by atoms with Crippen molar-refractivity contribution in [1.82, 2.24) is 29.5 Å². The molecule has 0 spiro atoms. The normalized spacial score (nSPS) is 15.4. The molecule has 8 rings (SSSR count). The summed E-state index contributed by atoms with van der Waals surface area (Å²) in [5, 5.41) is 11.7. The van der Waals surface area contributed by atoms with E-state index >= 15 is 0 Å². The highest BCUT2D eigenvalue weighted by atomic mass is 19.1. The molecule has 2 fully saturated rings. The number of hydrogen-bond acceptors (Lipinski definition) is 8. The van der Waals surface area contributed by atoms with Gasteiger partial charge in [0.15, 0.2) is 11.6 Å². The predicted molar refractivity (Wildman–Crippen MR) is 173 cm³/mol. The lowest BCUT2D eigenvalue weighted by Gasteiger charge is -2.26. The topological polar surface area (TPSA) is 86.4 Å². The molecule has 0 atom stereocenters. The predicted octanol–water partition coefficient (Wildman–Crippen LogP) is 5.27. The molecular formula is C34H35FN8O2. The second-order valence-corrected chi connectivity index (χ2v) is 11.2. The molecule has 0 unspecified atom stereocenters. The van der Waals surface area contributed by atoms with Crippen molar-refractivity contribution in [1.29, 1.82) is 0 Å². The summed E-state index contributed by atoms with van der Waals surface area (Å²) >= 11 is 0. The first-order chi connectivity index (χ1) is 22.1. The van der Waals surface area contributed by atoms with Crippen LogP contribution in [0.5, 0.6) is 0 Å². The molecule has 2 aliphatic heterocycles. The second kappa shape index (κ2) is 12.6. The van der Waals surface area contributed by atoms with Crippen molar-refractivity contribution in [2.45, 2.75) is 13.8 Å². The molecule has 0 radical (unpaired) electrons. The van der Waals surface area contributed by atoms with Crippen molar-refractivity contribution >= 4 is 33.4 Å². The van der Waals surface area contributed by atoms with Crippen LogP contribution in [0.15, 0.2) is 79.4 Å². The maximum absolute atomic E-state index is 14.4. The first-order valence-corrected chi connectivity index (χ1v) is 15.2. The van der Waals surface area contributed by atoms with Crippen molar-refractivity contribution in [3.05, 3.63) is 96.3 Å². The van der Waals surface area contributed by atoms with Crippen LogP contribution in [-0.4, -0.2) is 82.1 Å². The lowest BCUT2D eigenvalue weighted by molar-refractivity contribution is 0.122. The number of aromatic nitrogens is 6. The molecular weight excluding hydrogens is 571 g/mol. The highest BCUT2D eigenvalue weighted by molar-refractivity contribution is 5.92. The van der Waals surface area contributed by atoms with Gasteiger partial charge < -0.3 is 19.3 Å². The van der Waals surface area contributed by atoms with Crippen LogP contribution in [-0.2, 0) is 9.47 Å². The van der Waals surface area contributed by atoms with Gasteiger partial charge in [0.25, 0.3) is 0 Å². The summed E-state index contributed by atoms with van der Waals surface area (Å²) in [5.41, 5.74) is 5.46. The zero-order valence-corrected chi connectivity index (χ0v) is 25.4. The van der Waals surface area contributed by atoms with Crippen LogP contribution in [0.1, 0.15) is 11.1 Å². The van der Waals surface area contributed by atoms with Crippen LogP contribution in [0, 0.1) is 19.7 Å². The van der Waals surface area contributed by atoms with Gasteiger partial charge in [-0.3, -0.25) is 9.97 Å². The highest BCUT2D eigenvalue weighted by Gasteiger charge is 2.21. The van der Waals surface area contributed by atoms with Gasteiger partial charge in [-0.05, 0) is 55.8 Å². The lowest BCUT2D eigenvalue weighted by Crippen LogP contribution is -2.36. The van der Waals surface area contributed by atoms with Crippen molar-refractivity contribution in [2.75, 3.05) is 62.4 Å². The van der Waals surface area contributed by atoms with Gasteiger partial charge in [0, 0.05) is 49.3 Å². The number of pyridine rings is 2. The standard InChI is InChI=1S/C17H17FN4O.C17H18N4O/c1-12-2-3-15(14(18)10-12)22-16-11-19-5-4-13(16)17(20-22)21-6-8-23-9-7-21;1-13-2-4-14(5-3-13)21-16-12-18-7-6-15(16)17(19-21)20-8-10-22-11-9-20/h2-5,10-11H,6-9H2,1H3;2-7,12H,8-11H2,1H3. The number of benzene rings is 2. The van der Waals surface area contributed by atoms with Crippen LogP contribution in [0.3, 0.4) is 0 Å². The molecule has 230 valence electrons. The Morgan fingerprint density at radius 2 is 1.13 bits per heavy atom. The fraction of sp³-hybridized carbons (Fsp3) is 0.294. The van der Waals surface area contributed by atoms with Crippen molar-refractivity contribution in [2.24, 2.45) is 0 Å². The van der Waals surface area contributed by atoms with E-state index in [-0.39, 0.29) is 5.82 Å². The molecule has 10 nitrogen and oxygen atoms in total. The molecule has 2 aliphatic rings. The Hall–Kier alpha value is -4.87. The van der Waals surface area contributed by atoms with E-state index in [0.29, 0.717) is 18.9 Å². The first kappa shape index (κ1) is 28.9. The van der Waals surface area contributed by atoms with Crippen LogP contribution < -0.4 is 9.80 Å². The maximum Gasteiger partial charge on any atom is 0.159 e. The van der Waals surface area contributed by atoms with Gasteiger partial charge in [-0.2, -0.15) is 0 Å². The molecule has 0 amide bonds. The number of hydrogen-bond donors (Lipinski definition) is 0. The zero-order chi connectivity index (χ0) is 30.8. The third kappa shape index (κ3) is 5.84. The van der Waals surface area contributed by atoms with E-state index in [1.54, 1.807) is 23.1 Å². The summed E-state index contributed by atoms with van der Waals surface area (Å²) in [4.78, 5) is 12.9. The number of aryl methyl sites for hydroxylation is 2. The Labute approximate surface area is 260 Å². The third-order valence-corrected chi connectivity index (χ3v) is 8.16. The molecule has 0 saturated carbocycles. The van der Waals surface area contributed by atoms with E-state index < -0.39 is 0 Å². The summed E-state index contributed by atoms with van der Waals surface area (Å²) in [5.74, 6) is 1.58. The molecule has 2 saturated heterocycles. The minimum Gasteiger partial charge on any atom is -0.378 e. The number of fused-ring (bicyclic) bond motifs is 2. The SMILES string of the molecule is Cc1ccc(-n2nc(N3CCOCC3)c3ccncc32)c(F)c1.Cc1ccc(-n2nc(N3CCOCC3)c3ccncc32)cc1. The smallest absolute Gasteiger partial charge is 0.159 e. The highest BCUT2D eigenvalue weighted by Crippen LogP contribution is 2.30. The molecule has 45 heavy (non-hydrogen) atoms. The molecule has 0 aliphatic carbocycles. The van der Waals surface area contributed by atoms with Crippen LogP contribution in [0.4, 0.5) is 16.0 Å². The van der Waals surface area contributed by atoms with Crippen LogP contribution in [0.25, 0.3) is 33.2 Å². The van der Waals surface area contributed by atoms with E-state index in [1.807, 2.05) is 42.2 Å². The van der Waals surface area contributed by atoms with Crippen molar-refractivity contribution < 1.29 is 13.9 Å². The average molecular weight is 607 g/mol. The first-order valence-electron chi connectivity index (χ1n) is 15.2. The van der Waals surface area contributed by atoms with Gasteiger partial charge in [-0.15, -0.1) is 10.2 Å². The van der Waals surface area contributed by atoms with Gasteiger partial charge in [-0.1, -0.05) is 23.8 Å². The summed E-state index contributed by atoms with van der Waals surface area (Å²) in [6, 6.07) is 17.5. The van der Waals surface area contributed by atoms with Crippen LogP contribution >= 0.6 is 0 Å². The number of ether oxygens (including phenoxy) is 2. The third-order valence-electron chi connectivity index (χ3n) is 8.16. The molecule has 4 aromatic heterocycles. The molecule has 6 heterocycles. The summed E-state index contributed by atoms with van der Waals surface area (Å²) < 4.78 is 28.9. The average Bonchev–Trinajstić information content (AvgIpc) is 3.66. The Balaban J connectivity index is 0.000000145. The minimum atomic E-state index is -0.285. The zero-order valence-electron chi connectivity index (χ0n) is 25.4. The summed E-state index contributed by atoms with van der Waals surface area (Å²) in [6.07, 6.45) is 7.18. The maximum atomic E-state index is 14.4. The number of anilines is 2. The fourth-order valence-electron chi connectivity index (χ4n) is 5.76. The Morgan fingerprint density at radius 3 is 1.69 bits per heavy atom. The Bertz CT molecular complexity index is 1920. The van der Waals surface area contributed by atoms with Crippen LogP contribution in [0.2, 0.25) is 0 Å².